The lowest BCUT2D eigenvalue weighted by atomic mass is 10.1. The van der Waals surface area contributed by atoms with Crippen molar-refractivity contribution in [2.75, 3.05) is 26.0 Å². The number of hydrogen-bond acceptors (Lipinski definition) is 4. The van der Waals surface area contributed by atoms with Crippen molar-refractivity contribution in [2.24, 2.45) is 0 Å². The molecule has 1 atom stereocenters. The number of aromatic nitrogens is 2. The molecule has 2 aromatic heterocycles. The van der Waals surface area contributed by atoms with E-state index in [-0.39, 0.29) is 11.9 Å². The minimum absolute atomic E-state index is 0.0118. The maximum absolute atomic E-state index is 12.2. The monoisotopic (exact) mass is 290 g/mol. The number of fused-ring (bicyclic) bond motifs is 1. The molecular weight excluding hydrogens is 272 g/mol. The van der Waals surface area contributed by atoms with E-state index in [1.807, 2.05) is 4.68 Å². The van der Waals surface area contributed by atoms with Gasteiger partial charge in [-0.2, -0.15) is 5.10 Å². The molecule has 2 aromatic rings. The molecule has 0 aliphatic carbocycles. The number of nitrogens with zero attached hydrogens (tertiary/aromatic N) is 3. The van der Waals surface area contributed by atoms with Crippen LogP contribution in [0.1, 0.15) is 33.3 Å². The third kappa shape index (κ3) is 2.00. The molecule has 6 heteroatoms. The van der Waals surface area contributed by atoms with E-state index in [2.05, 4.69) is 28.8 Å². The van der Waals surface area contributed by atoms with Gasteiger partial charge in [0, 0.05) is 25.5 Å². The normalized spacial score (nSPS) is 17.4. The molecule has 0 saturated carbocycles. The molecule has 0 spiro atoms. The molecule has 0 radical (unpaired) electrons. The summed E-state index contributed by atoms with van der Waals surface area (Å²) in [6.07, 6.45) is 2.66. The topological polar surface area (TPSA) is 50.2 Å². The Hall–Kier alpha value is -1.82. The van der Waals surface area contributed by atoms with Gasteiger partial charge >= 0.3 is 0 Å². The van der Waals surface area contributed by atoms with Crippen LogP contribution in [0.5, 0.6) is 0 Å². The van der Waals surface area contributed by atoms with Gasteiger partial charge < -0.3 is 10.2 Å². The average molecular weight is 290 g/mol. The number of carbonyl (C=O) groups excluding carboxylic acids is 1. The molecule has 0 fully saturated rings. The van der Waals surface area contributed by atoms with Gasteiger partial charge in [-0.15, -0.1) is 11.3 Å². The van der Waals surface area contributed by atoms with E-state index in [4.69, 9.17) is 0 Å². The van der Waals surface area contributed by atoms with Gasteiger partial charge in [0.15, 0.2) is 0 Å². The first-order valence-corrected chi connectivity index (χ1v) is 7.54. The highest BCUT2D eigenvalue weighted by Gasteiger charge is 2.28. The van der Waals surface area contributed by atoms with Gasteiger partial charge in [-0.1, -0.05) is 0 Å². The van der Waals surface area contributed by atoms with E-state index < -0.39 is 0 Å². The largest absolute Gasteiger partial charge is 0.369 e. The lowest BCUT2D eigenvalue weighted by Crippen LogP contribution is -2.27. The van der Waals surface area contributed by atoms with Crippen LogP contribution in [0.15, 0.2) is 17.6 Å². The van der Waals surface area contributed by atoms with Gasteiger partial charge in [0.05, 0.1) is 12.2 Å². The summed E-state index contributed by atoms with van der Waals surface area (Å²) in [6.45, 7) is 2.99. The second-order valence-electron chi connectivity index (χ2n) is 5.25. The Morgan fingerprint density at radius 2 is 2.35 bits per heavy atom. The van der Waals surface area contributed by atoms with Crippen molar-refractivity contribution in [3.63, 3.8) is 0 Å². The van der Waals surface area contributed by atoms with E-state index in [1.54, 1.807) is 36.5 Å². The van der Waals surface area contributed by atoms with Crippen molar-refractivity contribution < 1.29 is 4.79 Å². The molecule has 5 nitrogen and oxygen atoms in total. The molecule has 20 heavy (non-hydrogen) atoms. The van der Waals surface area contributed by atoms with Crippen LogP contribution in [-0.2, 0) is 0 Å². The number of amides is 1. The average Bonchev–Trinajstić information content (AvgIpc) is 3.03. The van der Waals surface area contributed by atoms with Gasteiger partial charge in [-0.3, -0.25) is 4.79 Å². The third-order valence-electron chi connectivity index (χ3n) is 3.64. The van der Waals surface area contributed by atoms with Gasteiger partial charge in [0.25, 0.3) is 5.91 Å². The van der Waals surface area contributed by atoms with Crippen molar-refractivity contribution in [3.05, 3.63) is 33.6 Å². The summed E-state index contributed by atoms with van der Waals surface area (Å²) in [6, 6.07) is 2.37. The van der Waals surface area contributed by atoms with Crippen LogP contribution in [0.25, 0.3) is 0 Å². The van der Waals surface area contributed by atoms with Gasteiger partial charge in [-0.05, 0) is 30.4 Å². The van der Waals surface area contributed by atoms with Crippen LogP contribution in [0.2, 0.25) is 0 Å². The highest BCUT2D eigenvalue weighted by atomic mass is 32.1. The quantitative estimate of drug-likeness (QED) is 0.923. The predicted molar refractivity (Wildman–Crippen MR) is 80.5 cm³/mol. The summed E-state index contributed by atoms with van der Waals surface area (Å²) < 4.78 is 1.96. The fourth-order valence-corrected chi connectivity index (χ4v) is 3.64. The Kier molecular flexibility index (Phi) is 3.25. The van der Waals surface area contributed by atoms with Crippen molar-refractivity contribution in [3.8, 4) is 0 Å². The van der Waals surface area contributed by atoms with E-state index in [1.165, 1.54) is 10.4 Å². The van der Waals surface area contributed by atoms with Crippen LogP contribution in [0.3, 0.4) is 0 Å². The molecule has 1 unspecified atom stereocenters. The van der Waals surface area contributed by atoms with E-state index in [9.17, 15) is 4.79 Å². The molecule has 1 N–H and O–H groups in total. The molecule has 1 aliphatic rings. The van der Waals surface area contributed by atoms with Crippen molar-refractivity contribution in [1.82, 2.24) is 14.7 Å². The van der Waals surface area contributed by atoms with Crippen LogP contribution < -0.4 is 5.32 Å². The Balaban J connectivity index is 2.03. The molecule has 1 amide bonds. The maximum Gasteiger partial charge on any atom is 0.258 e. The van der Waals surface area contributed by atoms with Crippen LogP contribution >= 0.6 is 11.3 Å². The SMILES string of the molecule is Cc1ccsc1C1CCNc2c(C(=O)N(C)C)cnn21. The van der Waals surface area contributed by atoms with Crippen LogP contribution in [-0.4, -0.2) is 41.2 Å². The maximum atomic E-state index is 12.2. The Morgan fingerprint density at radius 3 is 3.00 bits per heavy atom. The third-order valence-corrected chi connectivity index (χ3v) is 4.76. The smallest absolute Gasteiger partial charge is 0.258 e. The fourth-order valence-electron chi connectivity index (χ4n) is 2.59. The number of thiophene rings is 1. The highest BCUT2D eigenvalue weighted by Crippen LogP contribution is 2.35. The zero-order chi connectivity index (χ0) is 14.3. The second kappa shape index (κ2) is 4.94. The fraction of sp³-hybridized carbons (Fsp3) is 0.429. The molecule has 0 aromatic carbocycles. The summed E-state index contributed by atoms with van der Waals surface area (Å²) in [4.78, 5) is 15.1. The summed E-state index contributed by atoms with van der Waals surface area (Å²) in [5, 5.41) is 9.88. The number of rotatable bonds is 2. The standard InChI is InChI=1S/C14H18N4OS/c1-9-5-7-20-12(9)11-4-6-15-13-10(8-16-18(11)13)14(19)17(2)3/h5,7-8,11,15H,4,6H2,1-3H3. The Bertz CT molecular complexity index is 643. The molecule has 3 rings (SSSR count). The zero-order valence-corrected chi connectivity index (χ0v) is 12.7. The molecule has 0 saturated heterocycles. The summed E-state index contributed by atoms with van der Waals surface area (Å²) >= 11 is 1.76. The Labute approximate surface area is 122 Å². The lowest BCUT2D eigenvalue weighted by molar-refractivity contribution is 0.0828. The number of anilines is 1. The zero-order valence-electron chi connectivity index (χ0n) is 11.9. The van der Waals surface area contributed by atoms with Gasteiger partial charge in [0.2, 0.25) is 0 Å². The van der Waals surface area contributed by atoms with Crippen LogP contribution in [0, 0.1) is 6.92 Å². The number of carbonyl (C=O) groups is 1. The first kappa shape index (κ1) is 13.2. The van der Waals surface area contributed by atoms with Crippen molar-refractivity contribution in [2.45, 2.75) is 19.4 Å². The van der Waals surface area contributed by atoms with Gasteiger partial charge in [0.1, 0.15) is 11.4 Å². The molecular formula is C14H18N4OS. The number of aryl methyl sites for hydroxylation is 1. The molecule has 3 heterocycles. The first-order chi connectivity index (χ1) is 9.59. The summed E-state index contributed by atoms with van der Waals surface area (Å²) in [5.41, 5.74) is 1.94. The van der Waals surface area contributed by atoms with Crippen molar-refractivity contribution in [1.29, 1.82) is 0 Å². The van der Waals surface area contributed by atoms with E-state index in [0.717, 1.165) is 18.8 Å². The predicted octanol–water partition coefficient (Wildman–Crippen LogP) is 2.36. The summed E-state index contributed by atoms with van der Waals surface area (Å²) in [7, 11) is 3.52. The Morgan fingerprint density at radius 1 is 1.55 bits per heavy atom. The first-order valence-electron chi connectivity index (χ1n) is 6.66. The molecule has 0 bridgehead atoms. The lowest BCUT2D eigenvalue weighted by Gasteiger charge is -2.26. The molecule has 106 valence electrons. The highest BCUT2D eigenvalue weighted by molar-refractivity contribution is 7.10. The number of nitrogens with one attached hydrogen (secondary N) is 1. The number of hydrogen-bond donors (Lipinski definition) is 1. The second-order valence-corrected chi connectivity index (χ2v) is 6.20. The van der Waals surface area contributed by atoms with Crippen LogP contribution in [0.4, 0.5) is 5.82 Å². The van der Waals surface area contributed by atoms with Crippen molar-refractivity contribution >= 4 is 23.1 Å². The van der Waals surface area contributed by atoms with E-state index >= 15 is 0 Å². The molecule has 1 aliphatic heterocycles. The minimum atomic E-state index is -0.0118. The van der Waals surface area contributed by atoms with Gasteiger partial charge in [-0.25, -0.2) is 4.68 Å². The minimum Gasteiger partial charge on any atom is -0.369 e. The summed E-state index contributed by atoms with van der Waals surface area (Å²) in [5.74, 6) is 0.829. The van der Waals surface area contributed by atoms with E-state index in [0.29, 0.717) is 5.56 Å².